The van der Waals surface area contributed by atoms with Gasteiger partial charge in [0.15, 0.2) is 11.5 Å². The molecule has 0 unspecified atom stereocenters. The smallest absolute Gasteiger partial charge is 0.271 e. The van der Waals surface area contributed by atoms with E-state index in [1.54, 1.807) is 6.07 Å². The first-order chi connectivity index (χ1) is 12.8. The number of hydrogen-bond acceptors (Lipinski definition) is 9. The van der Waals surface area contributed by atoms with Crippen molar-refractivity contribution in [3.63, 3.8) is 0 Å². The van der Waals surface area contributed by atoms with E-state index >= 15 is 0 Å². The van der Waals surface area contributed by atoms with E-state index in [0.29, 0.717) is 23.8 Å². The molecule has 1 aromatic carbocycles. The second-order valence-corrected chi connectivity index (χ2v) is 6.73. The number of oxime groups is 1. The molecule has 1 fully saturated rings. The van der Waals surface area contributed by atoms with Crippen LogP contribution in [0.25, 0.3) is 0 Å². The van der Waals surface area contributed by atoms with E-state index in [1.165, 1.54) is 12.1 Å². The van der Waals surface area contributed by atoms with E-state index in [1.807, 2.05) is 23.6 Å². The first kappa shape index (κ1) is 18.7. The van der Waals surface area contributed by atoms with Crippen LogP contribution in [0.1, 0.15) is 19.5 Å². The molecule has 2 atom stereocenters. The summed E-state index contributed by atoms with van der Waals surface area (Å²) in [5.41, 5.74) is 6.52. The van der Waals surface area contributed by atoms with Crippen molar-refractivity contribution in [3.8, 4) is 0 Å². The number of nitrogen functional groups attached to an aromatic ring is 1. The topological polar surface area (TPSA) is 147 Å². The van der Waals surface area contributed by atoms with Crippen molar-refractivity contribution in [2.75, 3.05) is 23.7 Å². The number of aromatic nitrogens is 2. The van der Waals surface area contributed by atoms with Gasteiger partial charge in [-0.2, -0.15) is 0 Å². The monoisotopic (exact) mass is 395 g/mol. The van der Waals surface area contributed by atoms with E-state index < -0.39 is 4.92 Å². The minimum atomic E-state index is -0.487. The highest BCUT2D eigenvalue weighted by atomic mass is 35.5. The average Bonchev–Trinajstić information content (AvgIpc) is 3.03. The van der Waals surface area contributed by atoms with E-state index in [4.69, 9.17) is 17.3 Å². The minimum Gasteiger partial charge on any atom is -0.409 e. The molecule has 3 N–H and O–H groups in total. The van der Waals surface area contributed by atoms with Gasteiger partial charge in [0.25, 0.3) is 5.69 Å². The number of hydrogen-bond donors (Lipinski definition) is 2. The van der Waals surface area contributed by atoms with Crippen molar-refractivity contribution in [1.29, 1.82) is 0 Å². The van der Waals surface area contributed by atoms with Gasteiger partial charge in [-0.15, -0.1) is 0 Å². The third-order valence-corrected chi connectivity index (χ3v) is 4.77. The molecular weight excluding hydrogens is 378 g/mol. The van der Waals surface area contributed by atoms with Crippen molar-refractivity contribution >= 4 is 34.6 Å². The zero-order valence-corrected chi connectivity index (χ0v) is 15.4. The number of benzene rings is 1. The maximum atomic E-state index is 10.9. The number of nitrogens with zero attached hydrogens (tertiary/aromatic N) is 6. The molecule has 12 heteroatoms. The van der Waals surface area contributed by atoms with Crippen molar-refractivity contribution in [2.45, 2.75) is 25.9 Å². The van der Waals surface area contributed by atoms with Crippen LogP contribution in [-0.2, 0) is 0 Å². The van der Waals surface area contributed by atoms with Gasteiger partial charge in [-0.25, -0.2) is 4.63 Å². The summed E-state index contributed by atoms with van der Waals surface area (Å²) in [6.07, 6.45) is 0. The van der Waals surface area contributed by atoms with Gasteiger partial charge in [0.2, 0.25) is 5.84 Å². The molecule has 0 bridgehead atoms. The van der Waals surface area contributed by atoms with E-state index in [0.717, 1.165) is 0 Å². The largest absolute Gasteiger partial charge is 0.409 e. The second kappa shape index (κ2) is 7.27. The fourth-order valence-corrected chi connectivity index (χ4v) is 3.67. The van der Waals surface area contributed by atoms with Gasteiger partial charge in [-0.1, -0.05) is 16.8 Å². The third-order valence-electron chi connectivity index (χ3n) is 4.47. The molecule has 1 aromatic heterocycles. The predicted octanol–water partition coefficient (Wildman–Crippen LogP) is 1.95. The van der Waals surface area contributed by atoms with Gasteiger partial charge in [0.1, 0.15) is 0 Å². The van der Waals surface area contributed by atoms with E-state index in [-0.39, 0.29) is 35.1 Å². The van der Waals surface area contributed by atoms with Crippen molar-refractivity contribution in [2.24, 2.45) is 5.16 Å². The Labute approximate surface area is 159 Å². The minimum absolute atomic E-state index is 0.0306. The molecular formula is C15H18ClN7O4. The second-order valence-electron chi connectivity index (χ2n) is 6.32. The highest BCUT2D eigenvalue weighted by Gasteiger charge is 2.35. The van der Waals surface area contributed by atoms with E-state index in [2.05, 4.69) is 20.1 Å². The summed E-state index contributed by atoms with van der Waals surface area (Å²) in [6, 6.07) is 4.17. The summed E-state index contributed by atoms with van der Waals surface area (Å²) < 4.78 is 4.60. The zero-order chi connectivity index (χ0) is 19.7. The quantitative estimate of drug-likeness (QED) is 0.261. The highest BCUT2D eigenvalue weighted by molar-refractivity contribution is 6.33. The first-order valence-corrected chi connectivity index (χ1v) is 8.49. The van der Waals surface area contributed by atoms with Crippen LogP contribution in [0.2, 0.25) is 5.02 Å². The van der Waals surface area contributed by atoms with Crippen molar-refractivity contribution in [3.05, 3.63) is 39.0 Å². The fraction of sp³-hybridized carbons (Fsp3) is 0.400. The van der Waals surface area contributed by atoms with Gasteiger partial charge in [-0.3, -0.25) is 10.1 Å². The lowest BCUT2D eigenvalue weighted by molar-refractivity contribution is -0.384. The van der Waals surface area contributed by atoms with Gasteiger partial charge >= 0.3 is 0 Å². The Morgan fingerprint density at radius 1 is 1.41 bits per heavy atom. The summed E-state index contributed by atoms with van der Waals surface area (Å²) in [5, 5.41) is 31.3. The van der Waals surface area contributed by atoms with Crippen LogP contribution in [0.4, 0.5) is 17.2 Å². The van der Waals surface area contributed by atoms with Gasteiger partial charge in [0, 0.05) is 37.3 Å². The number of amidine groups is 1. The SMILES string of the molecule is C[C@@H]1CN(c2ccc([N+](=O)[O-])cc2Cl)C[C@@H](C)N1C(=NO)c1nonc1N. The van der Waals surface area contributed by atoms with Crippen LogP contribution in [-0.4, -0.2) is 56.4 Å². The summed E-state index contributed by atoms with van der Waals surface area (Å²) in [4.78, 5) is 14.3. The molecule has 1 aliphatic rings. The van der Waals surface area contributed by atoms with Crippen LogP contribution in [0.15, 0.2) is 28.0 Å². The average molecular weight is 396 g/mol. The molecule has 0 amide bonds. The molecule has 3 rings (SSSR count). The summed E-state index contributed by atoms with van der Waals surface area (Å²) in [7, 11) is 0. The standard InChI is InChI=1S/C15H18ClN7O4/c1-8-6-21(12-4-3-10(23(25)26)5-11(12)16)7-9(2)22(8)15(18-24)13-14(17)20-27-19-13/h3-5,8-9,24H,6-7H2,1-2H3,(H2,17,20)/t8-,9-/m1/s1. The Morgan fingerprint density at radius 3 is 2.56 bits per heavy atom. The van der Waals surface area contributed by atoms with Crippen LogP contribution >= 0.6 is 11.6 Å². The maximum Gasteiger partial charge on any atom is 0.271 e. The molecule has 0 radical (unpaired) electrons. The van der Waals surface area contributed by atoms with Gasteiger partial charge < -0.3 is 20.7 Å². The summed E-state index contributed by atoms with van der Waals surface area (Å²) in [5.74, 6) is 0.200. The lowest BCUT2D eigenvalue weighted by atomic mass is 10.1. The Morgan fingerprint density at radius 2 is 2.07 bits per heavy atom. The highest BCUT2D eigenvalue weighted by Crippen LogP contribution is 2.32. The van der Waals surface area contributed by atoms with Crippen molar-refractivity contribution in [1.82, 2.24) is 15.2 Å². The summed E-state index contributed by atoms with van der Waals surface area (Å²) in [6.45, 7) is 4.95. The third kappa shape index (κ3) is 3.45. The summed E-state index contributed by atoms with van der Waals surface area (Å²) >= 11 is 6.26. The molecule has 11 nitrogen and oxygen atoms in total. The van der Waals surface area contributed by atoms with Gasteiger partial charge in [-0.05, 0) is 30.2 Å². The number of nitrogens with two attached hydrogens (primary N) is 1. The lowest BCUT2D eigenvalue weighted by Gasteiger charge is -2.46. The fourth-order valence-electron chi connectivity index (χ4n) is 3.37. The molecule has 1 saturated heterocycles. The van der Waals surface area contributed by atoms with Crippen molar-refractivity contribution < 1.29 is 14.8 Å². The number of anilines is 2. The molecule has 27 heavy (non-hydrogen) atoms. The van der Waals surface area contributed by atoms with Crippen LogP contribution < -0.4 is 10.6 Å². The maximum absolute atomic E-state index is 10.9. The Bertz CT molecular complexity index is 875. The Balaban J connectivity index is 1.85. The molecule has 0 aliphatic carbocycles. The number of nitro benzene ring substituents is 1. The van der Waals surface area contributed by atoms with E-state index in [9.17, 15) is 15.3 Å². The molecule has 0 saturated carbocycles. The lowest BCUT2D eigenvalue weighted by Crippen LogP contribution is -2.59. The molecule has 2 heterocycles. The Kier molecular flexibility index (Phi) is 5.04. The van der Waals surface area contributed by atoms with Crippen LogP contribution in [0.3, 0.4) is 0 Å². The molecule has 144 valence electrons. The van der Waals surface area contributed by atoms with Gasteiger partial charge in [0.05, 0.1) is 15.6 Å². The number of piperazine rings is 1. The first-order valence-electron chi connectivity index (χ1n) is 8.11. The normalized spacial score (nSPS) is 20.8. The molecule has 2 aromatic rings. The number of non-ortho nitro benzene ring substituents is 1. The Hall–Kier alpha value is -3.08. The predicted molar refractivity (Wildman–Crippen MR) is 98.1 cm³/mol. The zero-order valence-electron chi connectivity index (χ0n) is 14.6. The van der Waals surface area contributed by atoms with Crippen LogP contribution in [0.5, 0.6) is 0 Å². The number of nitro groups is 1. The number of rotatable bonds is 3. The van der Waals surface area contributed by atoms with Crippen LogP contribution in [0, 0.1) is 10.1 Å². The number of halogens is 1. The molecule has 0 spiro atoms. The molecule has 1 aliphatic heterocycles.